The fourth-order valence-corrected chi connectivity index (χ4v) is 4.87. The van der Waals surface area contributed by atoms with E-state index in [0.717, 1.165) is 17.8 Å². The van der Waals surface area contributed by atoms with Crippen molar-refractivity contribution in [3.63, 3.8) is 0 Å². The Hall–Kier alpha value is -4.09. The Kier molecular flexibility index (Phi) is 5.93. The van der Waals surface area contributed by atoms with Gasteiger partial charge in [0.25, 0.3) is 5.91 Å². The zero-order valence-corrected chi connectivity index (χ0v) is 20.2. The first-order valence-corrected chi connectivity index (χ1v) is 12.2. The van der Waals surface area contributed by atoms with Crippen LogP contribution in [0.1, 0.15) is 22.8 Å². The van der Waals surface area contributed by atoms with Crippen molar-refractivity contribution in [2.45, 2.75) is 19.6 Å². The fourth-order valence-electron chi connectivity index (χ4n) is 4.87. The number of aliphatic hydroxyl groups excluding tert-OH is 1. The maximum absolute atomic E-state index is 14.2. The number of nitrogens with one attached hydrogen (secondary N) is 2. The van der Waals surface area contributed by atoms with E-state index in [1.807, 2.05) is 19.1 Å². The SMILES string of the molecule is CC(CO)[C@@H]1CN(c2ccc(Nc3cnc(-c4cnc5c(F)cccn45)c4c3C(=O)NC4)nc2)CCO1. The molecule has 0 bridgehead atoms. The minimum absolute atomic E-state index is 0.0355. The summed E-state index contributed by atoms with van der Waals surface area (Å²) in [4.78, 5) is 28.3. The summed E-state index contributed by atoms with van der Waals surface area (Å²) < 4.78 is 21.6. The smallest absolute Gasteiger partial charge is 0.254 e. The van der Waals surface area contributed by atoms with Gasteiger partial charge in [0, 0.05) is 43.9 Å². The molecule has 1 amide bonds. The summed E-state index contributed by atoms with van der Waals surface area (Å²) in [6, 6.07) is 6.78. The number of nitrogens with zero attached hydrogens (tertiary/aromatic N) is 5. The maximum atomic E-state index is 14.2. The summed E-state index contributed by atoms with van der Waals surface area (Å²) in [5, 5.41) is 15.6. The Morgan fingerprint density at radius 1 is 1.24 bits per heavy atom. The number of pyridine rings is 3. The lowest BCUT2D eigenvalue weighted by Crippen LogP contribution is -2.46. The molecule has 1 saturated heterocycles. The molecule has 0 aliphatic carbocycles. The number of ether oxygens (including phenoxy) is 1. The second-order valence-electron chi connectivity index (χ2n) is 9.29. The molecular weight excluding hydrogens is 477 g/mol. The molecule has 10 nitrogen and oxygen atoms in total. The molecule has 1 fully saturated rings. The lowest BCUT2D eigenvalue weighted by atomic mass is 10.0. The first kappa shape index (κ1) is 23.3. The summed E-state index contributed by atoms with van der Waals surface area (Å²) in [7, 11) is 0. The summed E-state index contributed by atoms with van der Waals surface area (Å²) in [6.45, 7) is 4.39. The van der Waals surface area contributed by atoms with Crippen LogP contribution in [0.2, 0.25) is 0 Å². The van der Waals surface area contributed by atoms with E-state index in [1.54, 1.807) is 35.3 Å². The number of rotatable bonds is 6. The van der Waals surface area contributed by atoms with Crippen LogP contribution in [-0.4, -0.2) is 62.8 Å². The minimum Gasteiger partial charge on any atom is -0.396 e. The van der Waals surface area contributed by atoms with E-state index in [9.17, 15) is 14.3 Å². The average molecular weight is 504 g/mol. The molecule has 0 saturated carbocycles. The van der Waals surface area contributed by atoms with Crippen LogP contribution in [0.15, 0.2) is 49.1 Å². The van der Waals surface area contributed by atoms with E-state index in [4.69, 9.17) is 4.74 Å². The molecule has 6 heterocycles. The Labute approximate surface area is 212 Å². The quantitative estimate of drug-likeness (QED) is 0.368. The number of imidazole rings is 1. The number of hydrogen-bond acceptors (Lipinski definition) is 8. The summed E-state index contributed by atoms with van der Waals surface area (Å²) in [5.41, 5.74) is 4.08. The van der Waals surface area contributed by atoms with Crippen LogP contribution in [0, 0.1) is 11.7 Å². The second-order valence-corrected chi connectivity index (χ2v) is 9.29. The number of fused-ring (bicyclic) bond motifs is 2. The number of carbonyl (C=O) groups is 1. The van der Waals surface area contributed by atoms with Crippen molar-refractivity contribution < 1.29 is 19.0 Å². The number of halogens is 1. The molecule has 190 valence electrons. The van der Waals surface area contributed by atoms with Gasteiger partial charge in [0.1, 0.15) is 5.82 Å². The van der Waals surface area contributed by atoms with Crippen LogP contribution in [0.3, 0.4) is 0 Å². The monoisotopic (exact) mass is 503 g/mol. The van der Waals surface area contributed by atoms with Crippen molar-refractivity contribution >= 4 is 28.7 Å². The van der Waals surface area contributed by atoms with Gasteiger partial charge in [-0.05, 0) is 24.3 Å². The highest BCUT2D eigenvalue weighted by atomic mass is 19.1. The van der Waals surface area contributed by atoms with E-state index in [2.05, 4.69) is 30.5 Å². The fraction of sp³-hybridized carbons (Fsp3) is 0.308. The van der Waals surface area contributed by atoms with Crippen LogP contribution in [-0.2, 0) is 11.3 Å². The van der Waals surface area contributed by atoms with Gasteiger partial charge < -0.3 is 25.4 Å². The molecule has 2 aliphatic rings. The molecule has 0 radical (unpaired) electrons. The predicted molar refractivity (Wildman–Crippen MR) is 135 cm³/mol. The normalized spacial score (nSPS) is 18.1. The third kappa shape index (κ3) is 4.15. The topological polar surface area (TPSA) is 117 Å². The van der Waals surface area contributed by atoms with Gasteiger partial charge in [-0.3, -0.25) is 14.2 Å². The second kappa shape index (κ2) is 9.41. The van der Waals surface area contributed by atoms with Gasteiger partial charge in [-0.25, -0.2) is 14.4 Å². The van der Waals surface area contributed by atoms with Gasteiger partial charge in [-0.15, -0.1) is 0 Å². The largest absolute Gasteiger partial charge is 0.396 e. The number of carbonyl (C=O) groups excluding carboxylic acids is 1. The number of amides is 1. The molecular formula is C26H26FN7O3. The Morgan fingerprint density at radius 2 is 2.14 bits per heavy atom. The lowest BCUT2D eigenvalue weighted by Gasteiger charge is -2.36. The van der Waals surface area contributed by atoms with Crippen LogP contribution in [0.25, 0.3) is 17.0 Å². The van der Waals surface area contributed by atoms with Crippen LogP contribution < -0.4 is 15.5 Å². The Bertz CT molecular complexity index is 1470. The zero-order chi connectivity index (χ0) is 25.5. The molecule has 0 aromatic carbocycles. The van der Waals surface area contributed by atoms with Crippen molar-refractivity contribution in [3.05, 3.63) is 66.0 Å². The number of anilines is 3. The predicted octanol–water partition coefficient (Wildman–Crippen LogP) is 2.75. The summed E-state index contributed by atoms with van der Waals surface area (Å²) >= 11 is 0. The third-order valence-electron chi connectivity index (χ3n) is 6.96. The van der Waals surface area contributed by atoms with Crippen molar-refractivity contribution in [1.29, 1.82) is 0 Å². The molecule has 6 rings (SSSR count). The summed E-state index contributed by atoms with van der Waals surface area (Å²) in [5.74, 6) is -0.0105. The van der Waals surface area contributed by atoms with Gasteiger partial charge in [0.05, 0.1) is 59.6 Å². The highest BCUT2D eigenvalue weighted by molar-refractivity contribution is 6.05. The third-order valence-corrected chi connectivity index (χ3v) is 6.96. The van der Waals surface area contributed by atoms with Crippen LogP contribution in [0.5, 0.6) is 0 Å². The maximum Gasteiger partial charge on any atom is 0.254 e. The highest BCUT2D eigenvalue weighted by Crippen LogP contribution is 2.34. The van der Waals surface area contributed by atoms with Gasteiger partial charge in [0.15, 0.2) is 11.5 Å². The first-order chi connectivity index (χ1) is 18.0. The van der Waals surface area contributed by atoms with Gasteiger partial charge in [0.2, 0.25) is 0 Å². The van der Waals surface area contributed by atoms with Crippen molar-refractivity contribution in [3.8, 4) is 11.4 Å². The number of aliphatic hydroxyl groups is 1. The molecule has 37 heavy (non-hydrogen) atoms. The van der Waals surface area contributed by atoms with Crippen LogP contribution >= 0.6 is 0 Å². The van der Waals surface area contributed by atoms with Gasteiger partial charge in [-0.2, -0.15) is 0 Å². The zero-order valence-electron chi connectivity index (χ0n) is 20.2. The van der Waals surface area contributed by atoms with Gasteiger partial charge >= 0.3 is 0 Å². The van der Waals surface area contributed by atoms with E-state index < -0.39 is 5.82 Å². The van der Waals surface area contributed by atoms with Crippen molar-refractivity contribution in [2.75, 3.05) is 36.5 Å². The molecule has 2 atom stereocenters. The number of hydrogen-bond donors (Lipinski definition) is 3. The molecule has 0 spiro atoms. The molecule has 4 aromatic rings. The standard InChI is InChI=1S/C26H26FN7O3/c1-15(14-35)21-13-33(7-8-37-21)16-4-5-22(28-9-16)32-19-11-29-24(17-10-31-26(36)23(17)19)20-12-30-25-18(27)3-2-6-34(20)25/h2-6,9,11-12,15,21,35H,7-8,10,13-14H2,1H3,(H,28,32)(H,31,36)/t15?,21-/m0/s1. The first-order valence-electron chi connectivity index (χ1n) is 12.2. The van der Waals surface area contributed by atoms with E-state index in [-0.39, 0.29) is 30.2 Å². The average Bonchev–Trinajstić information content (AvgIpc) is 3.54. The Balaban J connectivity index is 1.27. The molecule has 1 unspecified atom stereocenters. The van der Waals surface area contributed by atoms with E-state index in [1.165, 1.54) is 6.07 Å². The van der Waals surface area contributed by atoms with Crippen molar-refractivity contribution in [2.24, 2.45) is 5.92 Å². The van der Waals surface area contributed by atoms with Crippen molar-refractivity contribution in [1.82, 2.24) is 24.7 Å². The Morgan fingerprint density at radius 3 is 2.95 bits per heavy atom. The van der Waals surface area contributed by atoms with Crippen LogP contribution in [0.4, 0.5) is 21.6 Å². The summed E-state index contributed by atoms with van der Waals surface area (Å²) in [6.07, 6.45) is 6.62. The number of morpholine rings is 1. The number of aromatic nitrogens is 4. The lowest BCUT2D eigenvalue weighted by molar-refractivity contribution is -0.00930. The highest BCUT2D eigenvalue weighted by Gasteiger charge is 2.29. The van der Waals surface area contributed by atoms with E-state index >= 15 is 0 Å². The molecule has 3 N–H and O–H groups in total. The minimum atomic E-state index is -0.428. The molecule has 11 heteroatoms. The van der Waals surface area contributed by atoms with Gasteiger partial charge in [-0.1, -0.05) is 6.92 Å². The molecule has 4 aromatic heterocycles. The van der Waals surface area contributed by atoms with E-state index in [0.29, 0.717) is 48.2 Å². The molecule has 2 aliphatic heterocycles.